The summed E-state index contributed by atoms with van der Waals surface area (Å²) in [5, 5.41) is 5.35. The maximum absolute atomic E-state index is 5.35. The Morgan fingerprint density at radius 1 is 1.53 bits per heavy atom. The minimum atomic E-state index is 0.670. The van der Waals surface area contributed by atoms with Gasteiger partial charge in [-0.05, 0) is 28.9 Å². The minimum absolute atomic E-state index is 0.670. The van der Waals surface area contributed by atoms with Crippen LogP contribution in [-0.2, 0) is 13.1 Å². The Bertz CT molecular complexity index is 398. The molecule has 0 aromatic carbocycles. The van der Waals surface area contributed by atoms with E-state index in [1.165, 1.54) is 4.88 Å². The molecule has 1 N–H and O–H groups in total. The van der Waals surface area contributed by atoms with Gasteiger partial charge in [-0.3, -0.25) is 0 Å². The van der Waals surface area contributed by atoms with Crippen molar-refractivity contribution >= 4 is 27.3 Å². The number of rotatable bonds is 4. The molecule has 0 saturated heterocycles. The summed E-state index contributed by atoms with van der Waals surface area (Å²) in [5.41, 5.74) is 0. The molecule has 0 spiro atoms. The van der Waals surface area contributed by atoms with E-state index in [-0.39, 0.29) is 0 Å². The highest BCUT2D eigenvalue weighted by Crippen LogP contribution is 2.19. The second-order valence-electron chi connectivity index (χ2n) is 3.20. The Morgan fingerprint density at radius 2 is 2.40 bits per heavy atom. The van der Waals surface area contributed by atoms with Gasteiger partial charge in [0, 0.05) is 21.3 Å². The van der Waals surface area contributed by atoms with Gasteiger partial charge in [-0.25, -0.2) is 4.98 Å². The van der Waals surface area contributed by atoms with Gasteiger partial charge in [0.2, 0.25) is 5.89 Å². The normalized spacial score (nSPS) is 10.8. The van der Waals surface area contributed by atoms with Gasteiger partial charge in [0.05, 0.1) is 12.7 Å². The zero-order valence-corrected chi connectivity index (χ0v) is 10.7. The molecule has 0 aliphatic heterocycles. The van der Waals surface area contributed by atoms with Crippen LogP contribution in [0, 0.1) is 6.92 Å². The minimum Gasteiger partial charge on any atom is -0.445 e. The van der Waals surface area contributed by atoms with E-state index in [0.717, 1.165) is 22.7 Å². The number of oxazole rings is 1. The van der Waals surface area contributed by atoms with Crippen molar-refractivity contribution in [2.24, 2.45) is 0 Å². The van der Waals surface area contributed by atoms with Crippen molar-refractivity contribution in [2.45, 2.75) is 20.0 Å². The van der Waals surface area contributed by atoms with Crippen LogP contribution < -0.4 is 5.32 Å². The lowest BCUT2D eigenvalue weighted by Crippen LogP contribution is -2.11. The lowest BCUT2D eigenvalue weighted by molar-refractivity contribution is 0.449. The fourth-order valence-corrected chi connectivity index (χ4v) is 2.64. The maximum Gasteiger partial charge on any atom is 0.208 e. The topological polar surface area (TPSA) is 38.1 Å². The monoisotopic (exact) mass is 286 g/mol. The zero-order chi connectivity index (χ0) is 10.7. The van der Waals surface area contributed by atoms with Gasteiger partial charge in [0.1, 0.15) is 5.76 Å². The lowest BCUT2D eigenvalue weighted by atomic mass is 10.4. The quantitative estimate of drug-likeness (QED) is 0.939. The highest BCUT2D eigenvalue weighted by Gasteiger charge is 2.01. The van der Waals surface area contributed by atoms with Crippen molar-refractivity contribution in [1.82, 2.24) is 10.3 Å². The van der Waals surface area contributed by atoms with Crippen LogP contribution in [0.4, 0.5) is 0 Å². The van der Waals surface area contributed by atoms with Crippen molar-refractivity contribution < 1.29 is 4.42 Å². The third-order valence-electron chi connectivity index (χ3n) is 1.87. The standard InChI is InChI=1S/C10H11BrN2OS/c1-7-3-13-10(14-7)5-12-4-9-2-8(11)6-15-9/h2-3,6,12H,4-5H2,1H3. The molecule has 5 heteroatoms. The van der Waals surface area contributed by atoms with Gasteiger partial charge >= 0.3 is 0 Å². The summed E-state index contributed by atoms with van der Waals surface area (Å²) in [4.78, 5) is 5.41. The predicted octanol–water partition coefficient (Wildman–Crippen LogP) is 3.10. The van der Waals surface area contributed by atoms with E-state index in [1.54, 1.807) is 17.5 Å². The van der Waals surface area contributed by atoms with E-state index in [2.05, 4.69) is 37.7 Å². The fourth-order valence-electron chi connectivity index (χ4n) is 1.22. The third kappa shape index (κ3) is 3.15. The van der Waals surface area contributed by atoms with Crippen molar-refractivity contribution in [3.8, 4) is 0 Å². The molecule has 0 fully saturated rings. The molecule has 80 valence electrons. The molecule has 3 nitrogen and oxygen atoms in total. The maximum atomic E-state index is 5.35. The first-order valence-electron chi connectivity index (χ1n) is 4.59. The third-order valence-corrected chi connectivity index (χ3v) is 3.56. The Hall–Kier alpha value is -0.650. The number of nitrogens with zero attached hydrogens (tertiary/aromatic N) is 1. The van der Waals surface area contributed by atoms with E-state index in [4.69, 9.17) is 4.42 Å². The number of halogens is 1. The van der Waals surface area contributed by atoms with Crippen LogP contribution in [0.3, 0.4) is 0 Å². The van der Waals surface area contributed by atoms with E-state index in [9.17, 15) is 0 Å². The molecule has 2 rings (SSSR count). The molecule has 0 unspecified atom stereocenters. The van der Waals surface area contributed by atoms with Gasteiger partial charge in [0.25, 0.3) is 0 Å². The van der Waals surface area contributed by atoms with Gasteiger partial charge < -0.3 is 9.73 Å². The smallest absolute Gasteiger partial charge is 0.208 e. The van der Waals surface area contributed by atoms with E-state index < -0.39 is 0 Å². The van der Waals surface area contributed by atoms with Gasteiger partial charge in [0.15, 0.2) is 0 Å². The molecule has 2 aromatic rings. The zero-order valence-electron chi connectivity index (χ0n) is 8.29. The van der Waals surface area contributed by atoms with Crippen LogP contribution in [0.2, 0.25) is 0 Å². The lowest BCUT2D eigenvalue weighted by Gasteiger charge is -1.98. The van der Waals surface area contributed by atoms with Crippen LogP contribution in [0.5, 0.6) is 0 Å². The van der Waals surface area contributed by atoms with Crippen molar-refractivity contribution in [1.29, 1.82) is 0 Å². The summed E-state index contributed by atoms with van der Waals surface area (Å²) in [5.74, 6) is 1.59. The summed E-state index contributed by atoms with van der Waals surface area (Å²) in [6, 6.07) is 2.11. The Labute approximate surface area is 101 Å². The van der Waals surface area contributed by atoms with Gasteiger partial charge in [-0.2, -0.15) is 0 Å². The number of nitrogens with one attached hydrogen (secondary N) is 1. The highest BCUT2D eigenvalue weighted by atomic mass is 79.9. The van der Waals surface area contributed by atoms with Gasteiger partial charge in [-0.1, -0.05) is 0 Å². The Balaban J connectivity index is 1.80. The molecule has 0 aliphatic rings. The first kappa shape index (κ1) is 10.9. The predicted molar refractivity (Wildman–Crippen MR) is 63.8 cm³/mol. The highest BCUT2D eigenvalue weighted by molar-refractivity contribution is 9.10. The second kappa shape index (κ2) is 4.92. The van der Waals surface area contributed by atoms with Crippen LogP contribution in [0.25, 0.3) is 0 Å². The summed E-state index contributed by atoms with van der Waals surface area (Å²) < 4.78 is 6.48. The molecule has 0 aliphatic carbocycles. The van der Waals surface area contributed by atoms with Crippen LogP contribution >= 0.6 is 27.3 Å². The van der Waals surface area contributed by atoms with E-state index in [0.29, 0.717) is 6.54 Å². The first-order valence-corrected chi connectivity index (χ1v) is 6.26. The molecule has 0 atom stereocenters. The molecule has 0 bridgehead atoms. The number of aryl methyl sites for hydroxylation is 1. The number of thiophene rings is 1. The van der Waals surface area contributed by atoms with Gasteiger partial charge in [-0.15, -0.1) is 11.3 Å². The molecule has 15 heavy (non-hydrogen) atoms. The summed E-state index contributed by atoms with van der Waals surface area (Å²) in [6.45, 7) is 3.41. The van der Waals surface area contributed by atoms with E-state index in [1.807, 2.05) is 6.92 Å². The summed E-state index contributed by atoms with van der Waals surface area (Å²) >= 11 is 5.15. The molecule has 0 amide bonds. The van der Waals surface area contributed by atoms with Crippen molar-refractivity contribution in [2.75, 3.05) is 0 Å². The second-order valence-corrected chi connectivity index (χ2v) is 5.11. The van der Waals surface area contributed by atoms with Crippen LogP contribution in [0.1, 0.15) is 16.5 Å². The largest absolute Gasteiger partial charge is 0.445 e. The number of hydrogen-bond acceptors (Lipinski definition) is 4. The fraction of sp³-hybridized carbons (Fsp3) is 0.300. The average molecular weight is 287 g/mol. The SMILES string of the molecule is Cc1cnc(CNCc2cc(Br)cs2)o1. The van der Waals surface area contributed by atoms with Crippen LogP contribution in [-0.4, -0.2) is 4.98 Å². The van der Waals surface area contributed by atoms with Crippen molar-refractivity contribution in [3.63, 3.8) is 0 Å². The molecule has 2 aromatic heterocycles. The van der Waals surface area contributed by atoms with Crippen molar-refractivity contribution in [3.05, 3.63) is 38.6 Å². The van der Waals surface area contributed by atoms with E-state index >= 15 is 0 Å². The number of hydrogen-bond donors (Lipinski definition) is 1. The molecule has 0 saturated carbocycles. The molecular weight excluding hydrogens is 276 g/mol. The molecule has 0 radical (unpaired) electrons. The Kier molecular flexibility index (Phi) is 3.56. The molecule has 2 heterocycles. The summed E-state index contributed by atoms with van der Waals surface area (Å²) in [7, 11) is 0. The first-order chi connectivity index (χ1) is 7.24. The molecular formula is C10H11BrN2OS. The number of aromatic nitrogens is 1. The average Bonchev–Trinajstić information content (AvgIpc) is 2.76. The van der Waals surface area contributed by atoms with Crippen LogP contribution in [0.15, 0.2) is 26.5 Å². The summed E-state index contributed by atoms with van der Waals surface area (Å²) in [6.07, 6.45) is 1.73. The Morgan fingerprint density at radius 3 is 3.00 bits per heavy atom.